The Labute approximate surface area is 134 Å². The van der Waals surface area contributed by atoms with E-state index < -0.39 is 0 Å². The van der Waals surface area contributed by atoms with E-state index in [1.165, 1.54) is 0 Å². The van der Waals surface area contributed by atoms with Gasteiger partial charge in [-0.15, -0.1) is 0 Å². The molecule has 1 saturated heterocycles. The van der Waals surface area contributed by atoms with Crippen molar-refractivity contribution in [2.75, 3.05) is 30.4 Å². The zero-order chi connectivity index (χ0) is 16.1. The van der Waals surface area contributed by atoms with Gasteiger partial charge in [0.1, 0.15) is 5.82 Å². The van der Waals surface area contributed by atoms with Crippen LogP contribution in [0, 0.1) is 5.92 Å². The lowest BCUT2D eigenvalue weighted by Crippen LogP contribution is -2.34. The molecule has 1 amide bonds. The highest BCUT2D eigenvalue weighted by molar-refractivity contribution is 6.07. The molecule has 2 aromatic rings. The van der Waals surface area contributed by atoms with Crippen molar-refractivity contribution >= 4 is 17.4 Å². The molecule has 1 aromatic heterocycles. The third-order valence-corrected chi connectivity index (χ3v) is 3.71. The number of aromatic nitrogens is 1. The minimum atomic E-state index is -0.220. The van der Waals surface area contributed by atoms with Crippen LogP contribution < -0.4 is 10.6 Å². The molecule has 23 heavy (non-hydrogen) atoms. The maximum atomic E-state index is 12.5. The van der Waals surface area contributed by atoms with Gasteiger partial charge in [-0.3, -0.25) is 4.79 Å². The number of carbonyl (C=O) groups is 1. The molecule has 0 bridgehead atoms. The van der Waals surface area contributed by atoms with Gasteiger partial charge in [0.2, 0.25) is 0 Å². The standard InChI is InChI=1S/C17H19N3O3/c21-9-12-3-5-14(6-4-12)20-17(22)15-2-1-7-18-16(15)19-8-13-10-23-11-13/h1-7,13,21H,8-11H2,(H,18,19)(H,20,22). The van der Waals surface area contributed by atoms with Crippen LogP contribution in [0.4, 0.5) is 11.5 Å². The number of nitrogens with zero attached hydrogens (tertiary/aromatic N) is 1. The number of nitrogens with one attached hydrogen (secondary N) is 2. The third kappa shape index (κ3) is 3.85. The third-order valence-electron chi connectivity index (χ3n) is 3.71. The zero-order valence-corrected chi connectivity index (χ0v) is 12.7. The molecule has 3 rings (SSSR count). The summed E-state index contributed by atoms with van der Waals surface area (Å²) in [6.45, 7) is 2.22. The Hall–Kier alpha value is -2.44. The van der Waals surface area contributed by atoms with E-state index in [0.717, 1.165) is 25.3 Å². The van der Waals surface area contributed by atoms with Crippen molar-refractivity contribution in [1.82, 2.24) is 4.98 Å². The minimum absolute atomic E-state index is 0.0181. The van der Waals surface area contributed by atoms with Crippen LogP contribution in [0.2, 0.25) is 0 Å². The number of pyridine rings is 1. The average Bonchev–Trinajstić information content (AvgIpc) is 2.54. The molecule has 0 saturated carbocycles. The zero-order valence-electron chi connectivity index (χ0n) is 12.7. The molecule has 120 valence electrons. The van der Waals surface area contributed by atoms with Gasteiger partial charge in [0.05, 0.1) is 25.4 Å². The van der Waals surface area contributed by atoms with Gasteiger partial charge >= 0.3 is 0 Å². The lowest BCUT2D eigenvalue weighted by atomic mass is 10.1. The Bertz CT molecular complexity index is 669. The van der Waals surface area contributed by atoms with E-state index >= 15 is 0 Å². The van der Waals surface area contributed by atoms with Gasteiger partial charge in [-0.2, -0.15) is 0 Å². The quantitative estimate of drug-likeness (QED) is 0.758. The van der Waals surface area contributed by atoms with Crippen molar-refractivity contribution in [2.45, 2.75) is 6.61 Å². The van der Waals surface area contributed by atoms with E-state index in [9.17, 15) is 4.79 Å². The molecule has 2 heterocycles. The molecule has 1 aliphatic rings. The summed E-state index contributed by atoms with van der Waals surface area (Å²) in [5, 5.41) is 15.1. The molecule has 1 aromatic carbocycles. The lowest BCUT2D eigenvalue weighted by Gasteiger charge is -2.26. The molecule has 6 heteroatoms. The molecular weight excluding hydrogens is 294 g/mol. The summed E-state index contributed by atoms with van der Waals surface area (Å²) in [6.07, 6.45) is 1.66. The van der Waals surface area contributed by atoms with E-state index in [1.807, 2.05) is 0 Å². The summed E-state index contributed by atoms with van der Waals surface area (Å²) in [5.41, 5.74) is 1.97. The van der Waals surface area contributed by atoms with Gasteiger partial charge in [0.15, 0.2) is 0 Å². The molecule has 0 radical (unpaired) electrons. The first-order valence-corrected chi connectivity index (χ1v) is 7.54. The van der Waals surface area contributed by atoms with Gasteiger partial charge in [-0.1, -0.05) is 12.1 Å². The maximum Gasteiger partial charge on any atom is 0.259 e. The number of aliphatic hydroxyl groups excluding tert-OH is 1. The van der Waals surface area contributed by atoms with Crippen LogP contribution in [0.3, 0.4) is 0 Å². The van der Waals surface area contributed by atoms with E-state index in [2.05, 4.69) is 15.6 Å². The molecule has 1 aliphatic heterocycles. The molecule has 0 spiro atoms. The first kappa shape index (κ1) is 15.5. The average molecular weight is 313 g/mol. The molecule has 1 fully saturated rings. The topological polar surface area (TPSA) is 83.5 Å². The van der Waals surface area contributed by atoms with Crippen molar-refractivity contribution in [3.63, 3.8) is 0 Å². The smallest absolute Gasteiger partial charge is 0.259 e. The highest BCUT2D eigenvalue weighted by atomic mass is 16.5. The fraction of sp³-hybridized carbons (Fsp3) is 0.294. The molecular formula is C17H19N3O3. The summed E-state index contributed by atoms with van der Waals surface area (Å²) in [5.74, 6) is 0.824. The highest BCUT2D eigenvalue weighted by Gasteiger charge is 2.19. The number of benzene rings is 1. The monoisotopic (exact) mass is 313 g/mol. The highest BCUT2D eigenvalue weighted by Crippen LogP contribution is 2.17. The Kier molecular flexibility index (Phi) is 4.85. The molecule has 0 unspecified atom stereocenters. The van der Waals surface area contributed by atoms with Crippen LogP contribution in [0.15, 0.2) is 42.6 Å². The lowest BCUT2D eigenvalue weighted by molar-refractivity contribution is -0.0248. The summed E-state index contributed by atoms with van der Waals surface area (Å²) < 4.78 is 5.14. The Balaban J connectivity index is 1.67. The minimum Gasteiger partial charge on any atom is -0.392 e. The number of anilines is 2. The van der Waals surface area contributed by atoms with E-state index in [4.69, 9.17) is 9.84 Å². The maximum absolute atomic E-state index is 12.5. The Morgan fingerprint density at radius 2 is 2.04 bits per heavy atom. The van der Waals surface area contributed by atoms with Crippen LogP contribution in [0.5, 0.6) is 0 Å². The number of hydrogen-bond donors (Lipinski definition) is 3. The summed E-state index contributed by atoms with van der Waals surface area (Å²) >= 11 is 0. The number of aliphatic hydroxyl groups is 1. The van der Waals surface area contributed by atoms with Gasteiger partial charge in [-0.25, -0.2) is 4.98 Å². The number of rotatable bonds is 6. The van der Waals surface area contributed by atoms with Crippen LogP contribution in [0.25, 0.3) is 0 Å². The van der Waals surface area contributed by atoms with E-state index in [0.29, 0.717) is 23.0 Å². The van der Waals surface area contributed by atoms with Crippen molar-refractivity contribution in [2.24, 2.45) is 5.92 Å². The summed E-state index contributed by atoms with van der Waals surface area (Å²) in [7, 11) is 0. The molecule has 0 atom stereocenters. The number of hydrogen-bond acceptors (Lipinski definition) is 5. The second-order valence-electron chi connectivity index (χ2n) is 5.49. The summed E-state index contributed by atoms with van der Waals surface area (Å²) in [6, 6.07) is 10.5. The van der Waals surface area contributed by atoms with Crippen LogP contribution in [-0.4, -0.2) is 35.8 Å². The van der Waals surface area contributed by atoms with Crippen molar-refractivity contribution in [3.8, 4) is 0 Å². The number of carbonyl (C=O) groups excluding carboxylic acids is 1. The largest absolute Gasteiger partial charge is 0.392 e. The fourth-order valence-electron chi connectivity index (χ4n) is 2.26. The van der Waals surface area contributed by atoms with Crippen LogP contribution in [0.1, 0.15) is 15.9 Å². The van der Waals surface area contributed by atoms with Crippen molar-refractivity contribution < 1.29 is 14.6 Å². The van der Waals surface area contributed by atoms with Gasteiger partial charge in [0.25, 0.3) is 5.91 Å². The predicted molar refractivity (Wildman–Crippen MR) is 87.4 cm³/mol. The number of amides is 1. The molecule has 0 aliphatic carbocycles. The second-order valence-corrected chi connectivity index (χ2v) is 5.49. The molecule has 3 N–H and O–H groups in total. The van der Waals surface area contributed by atoms with E-state index in [1.54, 1.807) is 42.6 Å². The van der Waals surface area contributed by atoms with Gasteiger partial charge in [0, 0.05) is 24.3 Å². The first-order valence-electron chi connectivity index (χ1n) is 7.54. The molecule has 6 nitrogen and oxygen atoms in total. The summed E-state index contributed by atoms with van der Waals surface area (Å²) in [4.78, 5) is 16.7. The van der Waals surface area contributed by atoms with Crippen LogP contribution in [-0.2, 0) is 11.3 Å². The normalized spacial score (nSPS) is 14.1. The van der Waals surface area contributed by atoms with Crippen molar-refractivity contribution in [1.29, 1.82) is 0 Å². The Morgan fingerprint density at radius 1 is 1.26 bits per heavy atom. The van der Waals surface area contributed by atoms with Gasteiger partial charge in [-0.05, 0) is 29.8 Å². The van der Waals surface area contributed by atoms with Gasteiger partial charge < -0.3 is 20.5 Å². The van der Waals surface area contributed by atoms with Crippen LogP contribution >= 0.6 is 0 Å². The van der Waals surface area contributed by atoms with Crippen molar-refractivity contribution in [3.05, 3.63) is 53.7 Å². The number of ether oxygens (including phenoxy) is 1. The SMILES string of the molecule is O=C(Nc1ccc(CO)cc1)c1cccnc1NCC1COC1. The fourth-order valence-corrected chi connectivity index (χ4v) is 2.26. The second kappa shape index (κ2) is 7.21. The Morgan fingerprint density at radius 3 is 2.70 bits per heavy atom. The first-order chi connectivity index (χ1) is 11.3. The predicted octanol–water partition coefficient (Wildman–Crippen LogP) is 1.88. The van der Waals surface area contributed by atoms with E-state index in [-0.39, 0.29) is 12.5 Å².